The predicted octanol–water partition coefficient (Wildman–Crippen LogP) is 3.85. The molecule has 1 rings (SSSR count). The normalized spacial score (nSPS) is 11.5. The van der Waals surface area contributed by atoms with Gasteiger partial charge in [-0.05, 0) is 44.3 Å². The highest BCUT2D eigenvalue weighted by Gasteiger charge is 2.05. The van der Waals surface area contributed by atoms with E-state index in [1.54, 1.807) is 0 Å². The second-order valence-corrected chi connectivity index (χ2v) is 7.48. The van der Waals surface area contributed by atoms with E-state index in [0.717, 1.165) is 29.9 Å². The Labute approximate surface area is 130 Å². The third-order valence-corrected chi connectivity index (χ3v) is 4.26. The van der Waals surface area contributed by atoms with Crippen LogP contribution in [0.4, 0.5) is 0 Å². The minimum Gasteiger partial charge on any atom is -0.312 e. The van der Waals surface area contributed by atoms with Crippen LogP contribution in [-0.2, 0) is 6.54 Å². The first-order chi connectivity index (χ1) is 8.99. The SMILES string of the molecule is CC(C)CNCc1ccc(Br)cc1SCCN(C)C. The number of hydrogen-bond acceptors (Lipinski definition) is 3. The van der Waals surface area contributed by atoms with Gasteiger partial charge >= 0.3 is 0 Å². The molecule has 0 atom stereocenters. The lowest BCUT2D eigenvalue weighted by atomic mass is 10.2. The number of nitrogens with zero attached hydrogens (tertiary/aromatic N) is 1. The van der Waals surface area contributed by atoms with Gasteiger partial charge in [0.1, 0.15) is 0 Å². The van der Waals surface area contributed by atoms with E-state index >= 15 is 0 Å². The van der Waals surface area contributed by atoms with Crippen LogP contribution in [0.2, 0.25) is 0 Å². The largest absolute Gasteiger partial charge is 0.312 e. The summed E-state index contributed by atoms with van der Waals surface area (Å²) in [6.07, 6.45) is 0. The second-order valence-electron chi connectivity index (χ2n) is 5.43. The molecule has 0 fully saturated rings. The fourth-order valence-corrected chi connectivity index (χ4v) is 3.37. The summed E-state index contributed by atoms with van der Waals surface area (Å²) in [6, 6.07) is 6.57. The van der Waals surface area contributed by atoms with Crippen LogP contribution in [0.3, 0.4) is 0 Å². The standard InChI is InChI=1S/C15H25BrN2S/c1-12(2)10-17-11-13-5-6-14(16)9-15(13)19-8-7-18(3)4/h5-6,9,12,17H,7-8,10-11H2,1-4H3. The molecule has 2 nitrogen and oxygen atoms in total. The highest BCUT2D eigenvalue weighted by atomic mass is 79.9. The van der Waals surface area contributed by atoms with E-state index in [-0.39, 0.29) is 0 Å². The molecular formula is C15H25BrN2S. The molecule has 1 aromatic carbocycles. The van der Waals surface area contributed by atoms with Gasteiger partial charge in [-0.3, -0.25) is 0 Å². The molecule has 0 aliphatic carbocycles. The van der Waals surface area contributed by atoms with Crippen molar-refractivity contribution in [1.29, 1.82) is 0 Å². The average molecular weight is 345 g/mol. The van der Waals surface area contributed by atoms with Crippen LogP contribution in [0.1, 0.15) is 19.4 Å². The molecule has 19 heavy (non-hydrogen) atoms. The Morgan fingerprint density at radius 1 is 1.32 bits per heavy atom. The molecule has 0 aromatic heterocycles. The van der Waals surface area contributed by atoms with Crippen molar-refractivity contribution in [3.05, 3.63) is 28.2 Å². The fraction of sp³-hybridized carbons (Fsp3) is 0.600. The van der Waals surface area contributed by atoms with E-state index in [9.17, 15) is 0 Å². The Kier molecular flexibility index (Phi) is 8.07. The van der Waals surface area contributed by atoms with Crippen molar-refractivity contribution in [3.8, 4) is 0 Å². The number of rotatable bonds is 8. The quantitative estimate of drug-likeness (QED) is 0.721. The molecule has 0 spiro atoms. The second kappa shape index (κ2) is 9.01. The average Bonchev–Trinajstić information content (AvgIpc) is 2.31. The third kappa shape index (κ3) is 7.35. The summed E-state index contributed by atoms with van der Waals surface area (Å²) in [5.74, 6) is 1.82. The zero-order chi connectivity index (χ0) is 14.3. The molecule has 0 amide bonds. The summed E-state index contributed by atoms with van der Waals surface area (Å²) >= 11 is 5.50. The Balaban J connectivity index is 2.58. The van der Waals surface area contributed by atoms with E-state index < -0.39 is 0 Å². The first-order valence-corrected chi connectivity index (χ1v) is 8.53. The molecule has 108 valence electrons. The first-order valence-electron chi connectivity index (χ1n) is 6.75. The summed E-state index contributed by atoms with van der Waals surface area (Å²) in [4.78, 5) is 3.61. The molecule has 0 aliphatic heterocycles. The number of halogens is 1. The van der Waals surface area contributed by atoms with Crippen LogP contribution in [-0.4, -0.2) is 37.8 Å². The maximum absolute atomic E-state index is 3.56. The molecular weight excluding hydrogens is 320 g/mol. The number of hydrogen-bond donors (Lipinski definition) is 1. The summed E-state index contributed by atoms with van der Waals surface area (Å²) < 4.78 is 1.16. The Morgan fingerprint density at radius 3 is 2.68 bits per heavy atom. The summed E-state index contributed by atoms with van der Waals surface area (Å²) in [5, 5.41) is 3.52. The first kappa shape index (κ1) is 17.0. The molecule has 0 unspecified atom stereocenters. The van der Waals surface area contributed by atoms with E-state index in [1.165, 1.54) is 10.5 Å². The predicted molar refractivity (Wildman–Crippen MR) is 90.0 cm³/mol. The van der Waals surface area contributed by atoms with Crippen molar-refractivity contribution in [2.24, 2.45) is 5.92 Å². The molecule has 0 bridgehead atoms. The van der Waals surface area contributed by atoms with Crippen LogP contribution in [0, 0.1) is 5.92 Å². The highest BCUT2D eigenvalue weighted by Crippen LogP contribution is 2.26. The van der Waals surface area contributed by atoms with E-state index in [2.05, 4.69) is 72.3 Å². The third-order valence-electron chi connectivity index (χ3n) is 2.69. The Hall–Kier alpha value is -0.0300. The van der Waals surface area contributed by atoms with Crippen LogP contribution in [0.25, 0.3) is 0 Å². The van der Waals surface area contributed by atoms with Crippen LogP contribution in [0.15, 0.2) is 27.6 Å². The summed E-state index contributed by atoms with van der Waals surface area (Å²) in [7, 11) is 4.24. The minimum absolute atomic E-state index is 0.695. The molecule has 1 N–H and O–H groups in total. The molecule has 0 aliphatic rings. The van der Waals surface area contributed by atoms with Crippen LogP contribution < -0.4 is 5.32 Å². The zero-order valence-electron chi connectivity index (χ0n) is 12.4. The molecule has 1 aromatic rings. The lowest BCUT2D eigenvalue weighted by molar-refractivity contribution is 0.437. The van der Waals surface area contributed by atoms with Gasteiger partial charge in [-0.15, -0.1) is 11.8 Å². The van der Waals surface area contributed by atoms with Crippen molar-refractivity contribution in [2.45, 2.75) is 25.3 Å². The van der Waals surface area contributed by atoms with Crippen molar-refractivity contribution >= 4 is 27.7 Å². The van der Waals surface area contributed by atoms with Gasteiger partial charge in [-0.25, -0.2) is 0 Å². The zero-order valence-corrected chi connectivity index (χ0v) is 14.8. The molecule has 0 saturated heterocycles. The van der Waals surface area contributed by atoms with Crippen molar-refractivity contribution in [3.63, 3.8) is 0 Å². The van der Waals surface area contributed by atoms with E-state index in [0.29, 0.717) is 5.92 Å². The number of nitrogens with one attached hydrogen (secondary N) is 1. The van der Waals surface area contributed by atoms with Crippen LogP contribution >= 0.6 is 27.7 Å². The van der Waals surface area contributed by atoms with Gasteiger partial charge in [0.25, 0.3) is 0 Å². The number of thioether (sulfide) groups is 1. The van der Waals surface area contributed by atoms with E-state index in [1.807, 2.05) is 11.8 Å². The van der Waals surface area contributed by atoms with Crippen LogP contribution in [0.5, 0.6) is 0 Å². The maximum Gasteiger partial charge on any atom is 0.0216 e. The Bertz CT molecular complexity index is 380. The van der Waals surface area contributed by atoms with Crippen molar-refractivity contribution in [2.75, 3.05) is 32.9 Å². The molecule has 0 heterocycles. The fourth-order valence-electron chi connectivity index (χ4n) is 1.64. The highest BCUT2D eigenvalue weighted by molar-refractivity contribution is 9.10. The molecule has 0 saturated carbocycles. The lowest BCUT2D eigenvalue weighted by Crippen LogP contribution is -2.19. The summed E-state index contributed by atoms with van der Waals surface area (Å²) in [5.41, 5.74) is 1.40. The van der Waals surface area contributed by atoms with Crippen molar-refractivity contribution in [1.82, 2.24) is 10.2 Å². The van der Waals surface area contributed by atoms with Gasteiger partial charge in [-0.1, -0.05) is 35.8 Å². The smallest absolute Gasteiger partial charge is 0.0216 e. The van der Waals surface area contributed by atoms with Gasteiger partial charge in [0, 0.05) is 28.2 Å². The lowest BCUT2D eigenvalue weighted by Gasteiger charge is -2.13. The minimum atomic E-state index is 0.695. The topological polar surface area (TPSA) is 15.3 Å². The summed E-state index contributed by atoms with van der Waals surface area (Å²) in [6.45, 7) is 7.60. The number of benzene rings is 1. The molecule has 4 heteroatoms. The molecule has 0 radical (unpaired) electrons. The van der Waals surface area contributed by atoms with Gasteiger partial charge in [-0.2, -0.15) is 0 Å². The van der Waals surface area contributed by atoms with E-state index in [4.69, 9.17) is 0 Å². The van der Waals surface area contributed by atoms with Gasteiger partial charge in [0.05, 0.1) is 0 Å². The van der Waals surface area contributed by atoms with Gasteiger partial charge in [0.15, 0.2) is 0 Å². The monoisotopic (exact) mass is 344 g/mol. The van der Waals surface area contributed by atoms with Gasteiger partial charge in [0.2, 0.25) is 0 Å². The van der Waals surface area contributed by atoms with Gasteiger partial charge < -0.3 is 10.2 Å². The van der Waals surface area contributed by atoms with Crippen molar-refractivity contribution < 1.29 is 0 Å². The maximum atomic E-state index is 3.56. The Morgan fingerprint density at radius 2 is 2.05 bits per heavy atom.